The Labute approximate surface area is 225 Å². The van der Waals surface area contributed by atoms with Gasteiger partial charge in [0.15, 0.2) is 0 Å². The van der Waals surface area contributed by atoms with Crippen molar-refractivity contribution >= 4 is 39.6 Å². The van der Waals surface area contributed by atoms with Crippen molar-refractivity contribution in [1.82, 2.24) is 9.97 Å². The lowest BCUT2D eigenvalue weighted by Crippen LogP contribution is -2.19. The number of anilines is 3. The highest BCUT2D eigenvalue weighted by atomic mass is 35.5. The first kappa shape index (κ1) is 25.5. The predicted octanol–water partition coefficient (Wildman–Crippen LogP) is 5.40. The smallest absolute Gasteiger partial charge is 0.145 e. The van der Waals surface area contributed by atoms with Crippen LogP contribution < -0.4 is 20.1 Å². The maximum Gasteiger partial charge on any atom is 0.145 e. The van der Waals surface area contributed by atoms with Crippen LogP contribution >= 0.6 is 11.6 Å². The number of nitrogens with zero attached hydrogens (tertiary/aromatic N) is 3. The highest BCUT2D eigenvalue weighted by Crippen LogP contribution is 2.38. The summed E-state index contributed by atoms with van der Waals surface area (Å²) in [5, 5.41) is 27.3. The Morgan fingerprint density at radius 2 is 2.11 bits per heavy atom. The second-order valence-corrected chi connectivity index (χ2v) is 9.24. The van der Waals surface area contributed by atoms with E-state index < -0.39 is 6.23 Å². The number of pyridine rings is 2. The molecule has 2 atom stereocenters. The molecule has 3 N–H and O–H groups in total. The Bertz CT molecular complexity index is 1470. The second-order valence-electron chi connectivity index (χ2n) is 8.83. The third-order valence-corrected chi connectivity index (χ3v) is 6.23. The second kappa shape index (κ2) is 11.5. The molecule has 1 fully saturated rings. The van der Waals surface area contributed by atoms with E-state index in [1.165, 1.54) is 6.20 Å². The third-order valence-electron chi connectivity index (χ3n) is 5.94. The number of rotatable bonds is 9. The van der Waals surface area contributed by atoms with E-state index in [1.807, 2.05) is 30.3 Å². The Balaban J connectivity index is 1.45. The number of aliphatic hydroxyl groups excluding tert-OH is 1. The van der Waals surface area contributed by atoms with Crippen molar-refractivity contribution in [2.45, 2.75) is 32.3 Å². The highest BCUT2D eigenvalue weighted by Gasteiger charge is 2.21. The van der Waals surface area contributed by atoms with Crippen LogP contribution in [-0.2, 0) is 11.3 Å². The van der Waals surface area contributed by atoms with Gasteiger partial charge in [-0.25, -0.2) is 0 Å². The number of halogens is 1. The lowest BCUT2D eigenvalue weighted by Gasteiger charge is -2.20. The standard InChI is InChI=1S/C28H26ClN5O4/c1-17(35)33-25-11-22-24(12-27(25)38-21-7-9-36-16-21)32-14-18(13-30)28(22)34-19-5-6-26(23(29)10-19)37-15-20-4-2-3-8-31-20/h2-6,8,10-12,14,17,21,33,35H,7,9,15-16H2,1H3,(H,32,34). The Morgan fingerprint density at radius 3 is 2.82 bits per heavy atom. The number of aromatic nitrogens is 2. The van der Waals surface area contributed by atoms with E-state index in [1.54, 1.807) is 31.3 Å². The summed E-state index contributed by atoms with van der Waals surface area (Å²) in [7, 11) is 0. The number of ether oxygens (including phenoxy) is 3. The zero-order valence-corrected chi connectivity index (χ0v) is 21.4. The fourth-order valence-corrected chi connectivity index (χ4v) is 4.37. The van der Waals surface area contributed by atoms with E-state index in [9.17, 15) is 10.4 Å². The highest BCUT2D eigenvalue weighted by molar-refractivity contribution is 6.32. The van der Waals surface area contributed by atoms with Crippen molar-refractivity contribution in [2.24, 2.45) is 0 Å². The Kier molecular flexibility index (Phi) is 7.75. The minimum Gasteiger partial charge on any atom is -0.486 e. The number of nitrogens with one attached hydrogen (secondary N) is 2. The van der Waals surface area contributed by atoms with E-state index >= 15 is 0 Å². The number of aliphatic hydroxyl groups is 1. The fourth-order valence-electron chi connectivity index (χ4n) is 4.14. The Morgan fingerprint density at radius 1 is 1.21 bits per heavy atom. The van der Waals surface area contributed by atoms with Gasteiger partial charge < -0.3 is 30.0 Å². The SMILES string of the molecule is CC(O)Nc1cc2c(Nc3ccc(OCc4ccccn4)c(Cl)c3)c(C#N)cnc2cc1OC1CCOC1. The van der Waals surface area contributed by atoms with Crippen LogP contribution in [0.2, 0.25) is 5.02 Å². The van der Waals surface area contributed by atoms with Crippen LogP contribution in [0, 0.1) is 11.3 Å². The molecule has 0 radical (unpaired) electrons. The van der Waals surface area contributed by atoms with Gasteiger partial charge in [0.25, 0.3) is 0 Å². The Hall–Kier alpha value is -4.10. The average Bonchev–Trinajstić information content (AvgIpc) is 3.42. The van der Waals surface area contributed by atoms with Crippen molar-refractivity contribution in [3.8, 4) is 17.6 Å². The normalized spacial score (nSPS) is 15.6. The van der Waals surface area contributed by atoms with Crippen LogP contribution in [-0.4, -0.2) is 40.6 Å². The molecule has 194 valence electrons. The molecule has 0 bridgehead atoms. The van der Waals surface area contributed by atoms with Gasteiger partial charge in [0.1, 0.15) is 36.5 Å². The molecule has 2 aromatic heterocycles. The van der Waals surface area contributed by atoms with E-state index in [0.717, 1.165) is 12.1 Å². The van der Waals surface area contributed by atoms with Gasteiger partial charge in [-0.2, -0.15) is 5.26 Å². The van der Waals surface area contributed by atoms with Crippen LogP contribution in [0.5, 0.6) is 11.5 Å². The molecule has 1 aliphatic rings. The topological polar surface area (TPSA) is 122 Å². The molecular weight excluding hydrogens is 506 g/mol. The van der Waals surface area contributed by atoms with Crippen LogP contribution in [0.1, 0.15) is 24.6 Å². The van der Waals surface area contributed by atoms with Gasteiger partial charge >= 0.3 is 0 Å². The fraction of sp³-hybridized carbons (Fsp3) is 0.250. The van der Waals surface area contributed by atoms with Gasteiger partial charge in [0.2, 0.25) is 0 Å². The summed E-state index contributed by atoms with van der Waals surface area (Å²) in [5.41, 5.74) is 3.56. The third kappa shape index (κ3) is 5.89. The largest absolute Gasteiger partial charge is 0.486 e. The number of hydrogen-bond donors (Lipinski definition) is 3. The van der Waals surface area contributed by atoms with Gasteiger partial charge in [-0.05, 0) is 43.3 Å². The van der Waals surface area contributed by atoms with Gasteiger partial charge in [-0.1, -0.05) is 17.7 Å². The number of hydrogen-bond acceptors (Lipinski definition) is 9. The summed E-state index contributed by atoms with van der Waals surface area (Å²) in [4.78, 5) is 8.73. The number of nitriles is 1. The van der Waals surface area contributed by atoms with Crippen molar-refractivity contribution in [3.63, 3.8) is 0 Å². The van der Waals surface area contributed by atoms with Gasteiger partial charge in [0.05, 0.1) is 46.4 Å². The molecule has 0 spiro atoms. The first-order valence-corrected chi connectivity index (χ1v) is 12.5. The zero-order chi connectivity index (χ0) is 26.5. The summed E-state index contributed by atoms with van der Waals surface area (Å²) in [6.07, 6.45) is 3.09. The van der Waals surface area contributed by atoms with Crippen LogP contribution in [0.4, 0.5) is 17.1 Å². The van der Waals surface area contributed by atoms with Crippen LogP contribution in [0.15, 0.2) is 60.9 Å². The van der Waals surface area contributed by atoms with E-state index in [2.05, 4.69) is 26.7 Å². The molecule has 1 saturated heterocycles. The van der Waals surface area contributed by atoms with Gasteiger partial charge in [-0.3, -0.25) is 9.97 Å². The maximum absolute atomic E-state index is 10.0. The quantitative estimate of drug-likeness (QED) is 0.244. The summed E-state index contributed by atoms with van der Waals surface area (Å²) >= 11 is 6.51. The predicted molar refractivity (Wildman–Crippen MR) is 145 cm³/mol. The first-order chi connectivity index (χ1) is 18.5. The van der Waals surface area contributed by atoms with Crippen molar-refractivity contribution < 1.29 is 19.3 Å². The maximum atomic E-state index is 10.0. The minimum atomic E-state index is -0.824. The van der Waals surface area contributed by atoms with Gasteiger partial charge in [0, 0.05) is 36.0 Å². The van der Waals surface area contributed by atoms with Crippen LogP contribution in [0.3, 0.4) is 0 Å². The lowest BCUT2D eigenvalue weighted by atomic mass is 10.1. The average molecular weight is 532 g/mol. The molecule has 5 rings (SSSR count). The zero-order valence-electron chi connectivity index (χ0n) is 20.6. The van der Waals surface area contributed by atoms with E-state index in [4.69, 9.17) is 25.8 Å². The summed E-state index contributed by atoms with van der Waals surface area (Å²) < 4.78 is 17.4. The molecule has 2 unspecified atom stereocenters. The molecule has 10 heteroatoms. The molecule has 1 aliphatic heterocycles. The monoisotopic (exact) mass is 531 g/mol. The van der Waals surface area contributed by atoms with Crippen molar-refractivity contribution in [1.29, 1.82) is 5.26 Å². The minimum absolute atomic E-state index is 0.0847. The summed E-state index contributed by atoms with van der Waals surface area (Å²) in [6, 6.07) is 16.7. The van der Waals surface area contributed by atoms with E-state index in [0.29, 0.717) is 63.3 Å². The van der Waals surface area contributed by atoms with Crippen molar-refractivity contribution in [3.05, 3.63) is 77.2 Å². The molecule has 0 aliphatic carbocycles. The molecule has 38 heavy (non-hydrogen) atoms. The molecule has 2 aromatic carbocycles. The lowest BCUT2D eigenvalue weighted by molar-refractivity contribution is 0.141. The molecule has 9 nitrogen and oxygen atoms in total. The van der Waals surface area contributed by atoms with Gasteiger partial charge in [-0.15, -0.1) is 0 Å². The first-order valence-electron chi connectivity index (χ1n) is 12.2. The molecule has 4 aromatic rings. The summed E-state index contributed by atoms with van der Waals surface area (Å²) in [5.74, 6) is 1.07. The number of benzene rings is 2. The number of fused-ring (bicyclic) bond motifs is 1. The molecule has 3 heterocycles. The van der Waals surface area contributed by atoms with Crippen LogP contribution in [0.25, 0.3) is 10.9 Å². The van der Waals surface area contributed by atoms with E-state index in [-0.39, 0.29) is 12.7 Å². The van der Waals surface area contributed by atoms with Crippen molar-refractivity contribution in [2.75, 3.05) is 23.8 Å². The molecule has 0 amide bonds. The molecule has 0 saturated carbocycles. The molecular formula is C28H26ClN5O4. The summed E-state index contributed by atoms with van der Waals surface area (Å²) in [6.45, 7) is 3.06.